The number of hydrogen-bond donors (Lipinski definition) is 0. The van der Waals surface area contributed by atoms with E-state index < -0.39 is 4.92 Å². The van der Waals surface area contributed by atoms with Gasteiger partial charge in [0, 0.05) is 30.3 Å². The number of nitro benzene ring substituents is 1. The molecule has 1 aliphatic rings. The molecule has 0 unspecified atom stereocenters. The third-order valence-corrected chi connectivity index (χ3v) is 3.35. The van der Waals surface area contributed by atoms with Crippen LogP contribution in [0.25, 0.3) is 0 Å². The van der Waals surface area contributed by atoms with Gasteiger partial charge < -0.3 is 9.64 Å². The lowest BCUT2D eigenvalue weighted by Gasteiger charge is -2.35. The summed E-state index contributed by atoms with van der Waals surface area (Å²) in [5.74, 6) is -0.106. The van der Waals surface area contributed by atoms with Crippen molar-refractivity contribution in [3.05, 3.63) is 39.4 Å². The van der Waals surface area contributed by atoms with Crippen LogP contribution in [0.5, 0.6) is 0 Å². The zero-order valence-electron chi connectivity index (χ0n) is 11.8. The fourth-order valence-electron chi connectivity index (χ4n) is 2.52. The van der Waals surface area contributed by atoms with Crippen LogP contribution in [0.3, 0.4) is 0 Å². The molecule has 20 heavy (non-hydrogen) atoms. The highest BCUT2D eigenvalue weighted by Gasteiger charge is 2.27. The zero-order chi connectivity index (χ0) is 14.9. The van der Waals surface area contributed by atoms with Gasteiger partial charge in [0.15, 0.2) is 0 Å². The molecule has 0 bridgehead atoms. The monoisotopic (exact) mass is 278 g/mol. The quantitative estimate of drug-likeness (QED) is 0.613. The highest BCUT2D eigenvalue weighted by molar-refractivity contribution is 5.94. The van der Waals surface area contributed by atoms with Gasteiger partial charge in [-0.1, -0.05) is 0 Å². The molecule has 0 radical (unpaired) electrons. The molecule has 1 aromatic carbocycles. The highest BCUT2D eigenvalue weighted by atomic mass is 16.6. The van der Waals surface area contributed by atoms with Gasteiger partial charge in [0.2, 0.25) is 0 Å². The first-order chi connectivity index (χ1) is 9.38. The van der Waals surface area contributed by atoms with E-state index in [4.69, 9.17) is 4.74 Å². The van der Waals surface area contributed by atoms with Crippen molar-refractivity contribution in [1.82, 2.24) is 4.90 Å². The van der Waals surface area contributed by atoms with Gasteiger partial charge in [0.1, 0.15) is 0 Å². The van der Waals surface area contributed by atoms with Crippen LogP contribution in [0.1, 0.15) is 29.8 Å². The van der Waals surface area contributed by atoms with Gasteiger partial charge in [0.25, 0.3) is 11.6 Å². The zero-order valence-corrected chi connectivity index (χ0v) is 11.8. The van der Waals surface area contributed by atoms with Crippen LogP contribution in [0, 0.1) is 17.0 Å². The van der Waals surface area contributed by atoms with E-state index in [2.05, 4.69) is 0 Å². The summed E-state index contributed by atoms with van der Waals surface area (Å²) in [6.45, 7) is 6.58. The third kappa shape index (κ3) is 2.96. The Balaban J connectivity index is 2.21. The summed E-state index contributed by atoms with van der Waals surface area (Å²) >= 11 is 0. The highest BCUT2D eigenvalue weighted by Crippen LogP contribution is 2.21. The minimum Gasteiger partial charge on any atom is -0.372 e. The molecule has 108 valence electrons. The van der Waals surface area contributed by atoms with Gasteiger partial charge in [-0.25, -0.2) is 0 Å². The van der Waals surface area contributed by atoms with Crippen molar-refractivity contribution in [3.8, 4) is 0 Å². The fourth-order valence-corrected chi connectivity index (χ4v) is 2.52. The van der Waals surface area contributed by atoms with Crippen LogP contribution >= 0.6 is 0 Å². The molecule has 1 fully saturated rings. The number of benzene rings is 1. The standard InChI is InChI=1S/C14H18N2O4/c1-9-6-12(4-5-13(9)16(18)19)14(17)15-7-10(2)20-11(3)8-15/h4-6,10-11H,7-8H2,1-3H3/t10-,11-/m0/s1. The number of carbonyl (C=O) groups is 1. The first-order valence-electron chi connectivity index (χ1n) is 6.58. The van der Waals surface area contributed by atoms with Crippen LogP contribution in [-0.2, 0) is 4.74 Å². The Morgan fingerprint density at radius 3 is 2.45 bits per heavy atom. The van der Waals surface area contributed by atoms with Gasteiger partial charge in [-0.15, -0.1) is 0 Å². The molecule has 2 rings (SSSR count). The number of hydrogen-bond acceptors (Lipinski definition) is 4. The topological polar surface area (TPSA) is 72.7 Å². The predicted molar refractivity (Wildman–Crippen MR) is 73.7 cm³/mol. The number of amides is 1. The summed E-state index contributed by atoms with van der Waals surface area (Å²) < 4.78 is 5.59. The Bertz CT molecular complexity index is 534. The third-order valence-electron chi connectivity index (χ3n) is 3.35. The molecule has 1 saturated heterocycles. The van der Waals surface area contributed by atoms with E-state index in [0.717, 1.165) is 0 Å². The molecule has 0 aliphatic carbocycles. The van der Waals surface area contributed by atoms with E-state index in [1.807, 2.05) is 13.8 Å². The van der Waals surface area contributed by atoms with E-state index in [9.17, 15) is 14.9 Å². The summed E-state index contributed by atoms with van der Waals surface area (Å²) in [5.41, 5.74) is 1.01. The van der Waals surface area contributed by atoms with Crippen molar-refractivity contribution >= 4 is 11.6 Å². The Labute approximate surface area is 117 Å². The molecule has 1 aromatic rings. The second-order valence-corrected chi connectivity index (χ2v) is 5.23. The Morgan fingerprint density at radius 1 is 1.35 bits per heavy atom. The molecular formula is C14H18N2O4. The molecule has 0 N–H and O–H groups in total. The van der Waals surface area contributed by atoms with Crippen molar-refractivity contribution in [2.24, 2.45) is 0 Å². The number of rotatable bonds is 2. The summed E-state index contributed by atoms with van der Waals surface area (Å²) in [7, 11) is 0. The van der Waals surface area contributed by atoms with Crippen LogP contribution in [0.2, 0.25) is 0 Å². The minimum absolute atomic E-state index is 0.00171. The first-order valence-corrected chi connectivity index (χ1v) is 6.58. The maximum atomic E-state index is 12.4. The minimum atomic E-state index is -0.442. The van der Waals surface area contributed by atoms with E-state index >= 15 is 0 Å². The lowest BCUT2D eigenvalue weighted by atomic mass is 10.1. The van der Waals surface area contributed by atoms with Crippen molar-refractivity contribution in [3.63, 3.8) is 0 Å². The van der Waals surface area contributed by atoms with Gasteiger partial charge in [-0.05, 0) is 32.9 Å². The largest absolute Gasteiger partial charge is 0.372 e. The second-order valence-electron chi connectivity index (χ2n) is 5.23. The van der Waals surface area contributed by atoms with E-state index in [1.165, 1.54) is 12.1 Å². The lowest BCUT2D eigenvalue weighted by Crippen LogP contribution is -2.48. The van der Waals surface area contributed by atoms with Gasteiger partial charge in [-0.2, -0.15) is 0 Å². The molecule has 2 atom stereocenters. The lowest BCUT2D eigenvalue weighted by molar-refractivity contribution is -0.385. The normalized spacial score (nSPS) is 22.6. The predicted octanol–water partition coefficient (Wildman–Crippen LogP) is 2.15. The van der Waals surface area contributed by atoms with Crippen LogP contribution in [0.15, 0.2) is 18.2 Å². The number of carbonyl (C=O) groups excluding carboxylic acids is 1. The molecule has 1 heterocycles. The molecule has 0 spiro atoms. The SMILES string of the molecule is Cc1cc(C(=O)N2C[C@H](C)O[C@@H](C)C2)ccc1[N+](=O)[O-]. The second kappa shape index (κ2) is 5.58. The Hall–Kier alpha value is -1.95. The van der Waals surface area contributed by atoms with Crippen molar-refractivity contribution in [1.29, 1.82) is 0 Å². The van der Waals surface area contributed by atoms with Gasteiger partial charge >= 0.3 is 0 Å². The number of nitrogens with zero attached hydrogens (tertiary/aromatic N) is 2. The smallest absolute Gasteiger partial charge is 0.272 e. The average Bonchev–Trinajstić information content (AvgIpc) is 2.36. The summed E-state index contributed by atoms with van der Waals surface area (Å²) in [6, 6.07) is 4.47. The summed E-state index contributed by atoms with van der Waals surface area (Å²) in [6.07, 6.45) is 0.00342. The number of nitro groups is 1. The van der Waals surface area contributed by atoms with Crippen molar-refractivity contribution < 1.29 is 14.5 Å². The molecule has 0 saturated carbocycles. The van der Waals surface area contributed by atoms with E-state index in [-0.39, 0.29) is 23.8 Å². The van der Waals surface area contributed by atoms with Gasteiger partial charge in [-0.3, -0.25) is 14.9 Å². The Morgan fingerprint density at radius 2 is 1.95 bits per heavy atom. The van der Waals surface area contributed by atoms with E-state index in [0.29, 0.717) is 24.2 Å². The average molecular weight is 278 g/mol. The maximum Gasteiger partial charge on any atom is 0.272 e. The Kier molecular flexibility index (Phi) is 4.04. The van der Waals surface area contributed by atoms with Crippen LogP contribution in [0.4, 0.5) is 5.69 Å². The summed E-state index contributed by atoms with van der Waals surface area (Å²) in [5, 5.41) is 10.8. The molecule has 6 heteroatoms. The van der Waals surface area contributed by atoms with E-state index in [1.54, 1.807) is 17.9 Å². The molecule has 6 nitrogen and oxygen atoms in total. The fraction of sp³-hybridized carbons (Fsp3) is 0.500. The molecule has 1 aliphatic heterocycles. The molecule has 1 amide bonds. The van der Waals surface area contributed by atoms with Gasteiger partial charge in [0.05, 0.1) is 17.1 Å². The number of ether oxygens (including phenoxy) is 1. The maximum absolute atomic E-state index is 12.4. The number of aryl methyl sites for hydroxylation is 1. The van der Waals surface area contributed by atoms with Crippen LogP contribution < -0.4 is 0 Å². The van der Waals surface area contributed by atoms with Crippen molar-refractivity contribution in [2.45, 2.75) is 33.0 Å². The molecular weight excluding hydrogens is 260 g/mol. The summed E-state index contributed by atoms with van der Waals surface area (Å²) in [4.78, 5) is 24.5. The van der Waals surface area contributed by atoms with Crippen molar-refractivity contribution in [2.75, 3.05) is 13.1 Å². The first kappa shape index (κ1) is 14.5. The van der Waals surface area contributed by atoms with Crippen LogP contribution in [-0.4, -0.2) is 41.0 Å². The number of morpholine rings is 1. The molecule has 0 aromatic heterocycles.